The lowest BCUT2D eigenvalue weighted by atomic mass is 10.3. The van der Waals surface area contributed by atoms with Gasteiger partial charge in [0, 0.05) is 6.08 Å². The molecule has 0 unspecified atom stereocenters. The second-order valence-electron chi connectivity index (χ2n) is 1.51. The van der Waals surface area contributed by atoms with Crippen molar-refractivity contribution >= 4 is 11.7 Å². The number of allylic oxidation sites excluding steroid dienone is 1. The fraction of sp³-hybridized carbons (Fsp3) is 0.200. The summed E-state index contributed by atoms with van der Waals surface area (Å²) in [6.07, 6.45) is 0.766. The average Bonchev–Trinajstić information content (AvgIpc) is 1.63. The standard InChI is InChI=1S/C5H7NO3/c1-3(7)2-4(8)5(6)9/h2,7H,1H3,(H2,6,9)/b3-2-. The van der Waals surface area contributed by atoms with E-state index in [1.165, 1.54) is 6.92 Å². The zero-order valence-electron chi connectivity index (χ0n) is 4.92. The largest absolute Gasteiger partial charge is 0.512 e. The Hall–Kier alpha value is -1.32. The highest BCUT2D eigenvalue weighted by Gasteiger charge is 2.03. The van der Waals surface area contributed by atoms with Crippen molar-refractivity contribution in [2.75, 3.05) is 0 Å². The molecule has 0 heterocycles. The van der Waals surface area contributed by atoms with Crippen LogP contribution >= 0.6 is 0 Å². The van der Waals surface area contributed by atoms with Gasteiger partial charge < -0.3 is 10.8 Å². The summed E-state index contributed by atoms with van der Waals surface area (Å²) in [6, 6.07) is 0. The number of aliphatic hydroxyl groups excluding tert-OH is 1. The first-order chi connectivity index (χ1) is 4.04. The van der Waals surface area contributed by atoms with Crippen LogP contribution in [0.1, 0.15) is 6.92 Å². The van der Waals surface area contributed by atoms with Crippen LogP contribution in [0.5, 0.6) is 0 Å². The highest BCUT2D eigenvalue weighted by atomic mass is 16.3. The van der Waals surface area contributed by atoms with E-state index in [9.17, 15) is 9.59 Å². The lowest BCUT2D eigenvalue weighted by Gasteiger charge is -1.85. The normalized spacial score (nSPS) is 11.0. The van der Waals surface area contributed by atoms with Crippen LogP contribution < -0.4 is 5.73 Å². The van der Waals surface area contributed by atoms with Crippen LogP contribution in [0.2, 0.25) is 0 Å². The Morgan fingerprint density at radius 2 is 2.00 bits per heavy atom. The van der Waals surface area contributed by atoms with Crippen molar-refractivity contribution < 1.29 is 14.7 Å². The van der Waals surface area contributed by atoms with Crippen molar-refractivity contribution in [2.45, 2.75) is 6.92 Å². The maximum Gasteiger partial charge on any atom is 0.289 e. The van der Waals surface area contributed by atoms with Gasteiger partial charge >= 0.3 is 0 Å². The second kappa shape index (κ2) is 2.86. The lowest BCUT2D eigenvalue weighted by molar-refractivity contribution is -0.133. The molecule has 1 amide bonds. The van der Waals surface area contributed by atoms with E-state index in [4.69, 9.17) is 5.11 Å². The summed E-state index contributed by atoms with van der Waals surface area (Å²) >= 11 is 0. The summed E-state index contributed by atoms with van der Waals surface area (Å²) in [5.41, 5.74) is 4.54. The molecular formula is C5H7NO3. The van der Waals surface area contributed by atoms with Gasteiger partial charge in [-0.3, -0.25) is 9.59 Å². The predicted octanol–water partition coefficient (Wildman–Crippen LogP) is -0.497. The third kappa shape index (κ3) is 3.28. The zero-order chi connectivity index (χ0) is 7.44. The Labute approximate surface area is 52.0 Å². The van der Waals surface area contributed by atoms with E-state index >= 15 is 0 Å². The molecule has 0 saturated carbocycles. The number of primary amides is 1. The molecule has 4 heteroatoms. The maximum atomic E-state index is 10.2. The number of carbonyl (C=O) groups excluding carboxylic acids is 2. The van der Waals surface area contributed by atoms with Crippen LogP contribution in [0, 0.1) is 0 Å². The summed E-state index contributed by atoms with van der Waals surface area (Å²) in [5, 5.41) is 8.40. The molecule has 0 aliphatic carbocycles. The Bertz CT molecular complexity index is 167. The molecule has 0 aromatic heterocycles. The first-order valence-electron chi connectivity index (χ1n) is 2.25. The SMILES string of the molecule is C/C(O)=C/C(=O)C(N)=O. The molecule has 0 bridgehead atoms. The molecule has 0 radical (unpaired) electrons. The van der Waals surface area contributed by atoms with Gasteiger partial charge in [0.25, 0.3) is 5.91 Å². The van der Waals surface area contributed by atoms with E-state index in [0.717, 1.165) is 6.08 Å². The first-order valence-corrected chi connectivity index (χ1v) is 2.25. The van der Waals surface area contributed by atoms with Gasteiger partial charge in [0.2, 0.25) is 5.78 Å². The minimum atomic E-state index is -1.07. The smallest absolute Gasteiger partial charge is 0.289 e. The highest BCUT2D eigenvalue weighted by molar-refractivity contribution is 6.40. The van der Waals surface area contributed by atoms with Gasteiger partial charge in [-0.15, -0.1) is 0 Å². The second-order valence-corrected chi connectivity index (χ2v) is 1.51. The van der Waals surface area contributed by atoms with Crippen molar-refractivity contribution in [1.29, 1.82) is 0 Å². The Balaban J connectivity index is 4.09. The van der Waals surface area contributed by atoms with Gasteiger partial charge in [-0.1, -0.05) is 0 Å². The number of aliphatic hydroxyl groups is 1. The number of hydrogen-bond donors (Lipinski definition) is 2. The minimum Gasteiger partial charge on any atom is -0.512 e. The van der Waals surface area contributed by atoms with Crippen molar-refractivity contribution in [2.24, 2.45) is 5.73 Å². The molecule has 0 aromatic carbocycles. The van der Waals surface area contributed by atoms with Crippen LogP contribution in [0.15, 0.2) is 11.8 Å². The summed E-state index contributed by atoms with van der Waals surface area (Å²) in [4.78, 5) is 20.2. The van der Waals surface area contributed by atoms with Gasteiger partial charge in [0.1, 0.15) is 0 Å². The molecule has 4 nitrogen and oxygen atoms in total. The molecule has 0 spiro atoms. The maximum absolute atomic E-state index is 10.2. The Morgan fingerprint density at radius 1 is 1.56 bits per heavy atom. The number of ketones is 1. The zero-order valence-corrected chi connectivity index (χ0v) is 4.92. The summed E-state index contributed by atoms with van der Waals surface area (Å²) in [5.74, 6) is -2.18. The van der Waals surface area contributed by atoms with Crippen LogP contribution in [-0.2, 0) is 9.59 Å². The molecule has 9 heavy (non-hydrogen) atoms. The number of carbonyl (C=O) groups is 2. The predicted molar refractivity (Wildman–Crippen MR) is 30.6 cm³/mol. The third-order valence-corrected chi connectivity index (χ3v) is 0.583. The van der Waals surface area contributed by atoms with Crippen molar-refractivity contribution in [1.82, 2.24) is 0 Å². The minimum absolute atomic E-state index is 0.223. The Kier molecular flexibility index (Phi) is 2.44. The monoisotopic (exact) mass is 129 g/mol. The quantitative estimate of drug-likeness (QED) is 0.299. The van der Waals surface area contributed by atoms with E-state index in [0.29, 0.717) is 0 Å². The van der Waals surface area contributed by atoms with Crippen LogP contribution in [-0.4, -0.2) is 16.8 Å². The van der Waals surface area contributed by atoms with Gasteiger partial charge in [0.15, 0.2) is 0 Å². The number of amides is 1. The first kappa shape index (κ1) is 7.68. The summed E-state index contributed by atoms with van der Waals surface area (Å²) in [6.45, 7) is 1.28. The summed E-state index contributed by atoms with van der Waals surface area (Å²) < 4.78 is 0. The fourth-order valence-electron chi connectivity index (χ4n) is 0.261. The molecule has 3 N–H and O–H groups in total. The van der Waals surface area contributed by atoms with Gasteiger partial charge in [-0.05, 0) is 6.92 Å². The molecule has 0 rings (SSSR count). The molecule has 0 atom stereocenters. The number of hydrogen-bond acceptors (Lipinski definition) is 3. The van der Waals surface area contributed by atoms with Crippen LogP contribution in [0.4, 0.5) is 0 Å². The van der Waals surface area contributed by atoms with Crippen molar-refractivity contribution in [3.05, 3.63) is 11.8 Å². The van der Waals surface area contributed by atoms with Crippen LogP contribution in [0.25, 0.3) is 0 Å². The molecule has 0 aliphatic rings. The van der Waals surface area contributed by atoms with E-state index in [1.807, 2.05) is 0 Å². The van der Waals surface area contributed by atoms with Crippen LogP contribution in [0.3, 0.4) is 0 Å². The molecule has 0 fully saturated rings. The van der Waals surface area contributed by atoms with Gasteiger partial charge in [-0.25, -0.2) is 0 Å². The Morgan fingerprint density at radius 3 is 2.11 bits per heavy atom. The topological polar surface area (TPSA) is 80.4 Å². The van der Waals surface area contributed by atoms with E-state index < -0.39 is 11.7 Å². The number of nitrogens with two attached hydrogens (primary N) is 1. The van der Waals surface area contributed by atoms with Crippen molar-refractivity contribution in [3.63, 3.8) is 0 Å². The van der Waals surface area contributed by atoms with E-state index in [-0.39, 0.29) is 5.76 Å². The number of rotatable bonds is 2. The third-order valence-electron chi connectivity index (χ3n) is 0.583. The molecular weight excluding hydrogens is 122 g/mol. The van der Waals surface area contributed by atoms with E-state index in [2.05, 4.69) is 5.73 Å². The van der Waals surface area contributed by atoms with E-state index in [1.54, 1.807) is 0 Å². The van der Waals surface area contributed by atoms with Crippen molar-refractivity contribution in [3.8, 4) is 0 Å². The lowest BCUT2D eigenvalue weighted by Crippen LogP contribution is -2.21. The summed E-state index contributed by atoms with van der Waals surface area (Å²) in [7, 11) is 0. The van der Waals surface area contributed by atoms with Gasteiger partial charge in [0.05, 0.1) is 5.76 Å². The molecule has 50 valence electrons. The van der Waals surface area contributed by atoms with Gasteiger partial charge in [-0.2, -0.15) is 0 Å². The molecule has 0 aliphatic heterocycles. The molecule has 0 aromatic rings. The fourth-order valence-corrected chi connectivity index (χ4v) is 0.261. The highest BCUT2D eigenvalue weighted by Crippen LogP contribution is 1.83. The average molecular weight is 129 g/mol. The molecule has 0 saturated heterocycles.